The van der Waals surface area contributed by atoms with Crippen molar-refractivity contribution in [2.75, 3.05) is 19.1 Å². The van der Waals surface area contributed by atoms with Crippen molar-refractivity contribution in [3.8, 4) is 11.5 Å². The largest absolute Gasteiger partial charge is 0.497 e. The molecule has 2 aromatic carbocycles. The van der Waals surface area contributed by atoms with E-state index in [-0.39, 0.29) is 30.3 Å². The van der Waals surface area contributed by atoms with E-state index in [0.717, 1.165) is 16.9 Å². The lowest BCUT2D eigenvalue weighted by Crippen LogP contribution is -2.30. The van der Waals surface area contributed by atoms with E-state index in [1.165, 1.54) is 16.2 Å². The summed E-state index contributed by atoms with van der Waals surface area (Å²) < 4.78 is 13.6. The number of rotatable bonds is 9. The van der Waals surface area contributed by atoms with Crippen LogP contribution >= 0.6 is 0 Å². The van der Waals surface area contributed by atoms with Gasteiger partial charge in [0.05, 0.1) is 19.9 Å². The molecule has 0 aliphatic carbocycles. The van der Waals surface area contributed by atoms with Crippen molar-refractivity contribution in [1.29, 1.82) is 0 Å². The normalized spacial score (nSPS) is 12.2. The summed E-state index contributed by atoms with van der Waals surface area (Å²) in [5.74, 6) is 1.56. The average Bonchev–Trinajstić information content (AvgIpc) is 3.21. The maximum absolute atomic E-state index is 12.6. The smallest absolute Gasteiger partial charge is 0.329 e. The Morgan fingerprint density at radius 1 is 1.20 bits per heavy atom. The van der Waals surface area contributed by atoms with Crippen molar-refractivity contribution in [3.05, 3.63) is 80.5 Å². The molecular formula is C24H26N6O5. The molecule has 4 aromatic rings. The summed E-state index contributed by atoms with van der Waals surface area (Å²) in [4.78, 5) is 31.3. The highest BCUT2D eigenvalue weighted by molar-refractivity contribution is 5.80. The van der Waals surface area contributed by atoms with Crippen molar-refractivity contribution in [2.45, 2.75) is 19.6 Å². The number of nitrogens with one attached hydrogen (secondary N) is 2. The molecule has 35 heavy (non-hydrogen) atoms. The number of aromatic nitrogens is 4. The van der Waals surface area contributed by atoms with Gasteiger partial charge in [0.15, 0.2) is 11.2 Å². The summed E-state index contributed by atoms with van der Waals surface area (Å²) in [5, 5.41) is 14.9. The van der Waals surface area contributed by atoms with Gasteiger partial charge in [-0.1, -0.05) is 18.2 Å². The molecule has 0 aliphatic rings. The number of benzene rings is 2. The number of para-hydroxylation sites is 1. The van der Waals surface area contributed by atoms with Crippen LogP contribution in [0.4, 0.5) is 5.95 Å². The quantitative estimate of drug-likeness (QED) is 0.246. The maximum atomic E-state index is 12.6. The lowest BCUT2D eigenvalue weighted by Gasteiger charge is -2.16. The maximum Gasteiger partial charge on any atom is 0.329 e. The summed E-state index contributed by atoms with van der Waals surface area (Å²) in [5.41, 5.74) is 3.63. The van der Waals surface area contributed by atoms with E-state index in [0.29, 0.717) is 5.75 Å². The van der Waals surface area contributed by atoms with E-state index in [9.17, 15) is 14.7 Å². The number of hydrazone groups is 1. The van der Waals surface area contributed by atoms with Gasteiger partial charge in [-0.2, -0.15) is 10.1 Å². The van der Waals surface area contributed by atoms with E-state index in [1.54, 1.807) is 25.5 Å². The highest BCUT2D eigenvalue weighted by atomic mass is 16.5. The lowest BCUT2D eigenvalue weighted by atomic mass is 10.2. The Bertz CT molecular complexity index is 1470. The summed E-state index contributed by atoms with van der Waals surface area (Å²) >= 11 is 0. The second kappa shape index (κ2) is 10.3. The number of anilines is 1. The number of aryl methyl sites for hydroxylation is 2. The molecule has 11 nitrogen and oxygen atoms in total. The van der Waals surface area contributed by atoms with Crippen LogP contribution in [0.15, 0.2) is 63.2 Å². The molecule has 0 spiro atoms. The zero-order valence-corrected chi connectivity index (χ0v) is 19.6. The van der Waals surface area contributed by atoms with Gasteiger partial charge in [-0.25, -0.2) is 10.2 Å². The summed E-state index contributed by atoms with van der Waals surface area (Å²) in [6, 6.07) is 14.7. The van der Waals surface area contributed by atoms with Gasteiger partial charge in [0.25, 0.3) is 5.56 Å². The zero-order chi connectivity index (χ0) is 24.9. The molecule has 182 valence electrons. The van der Waals surface area contributed by atoms with Crippen molar-refractivity contribution in [2.24, 2.45) is 12.1 Å². The van der Waals surface area contributed by atoms with Gasteiger partial charge in [-0.15, -0.1) is 0 Å². The number of ether oxygens (including phenoxy) is 2. The van der Waals surface area contributed by atoms with Gasteiger partial charge in [-0.3, -0.25) is 14.3 Å². The number of aliphatic hydroxyl groups is 1. The molecule has 4 rings (SSSR count). The zero-order valence-electron chi connectivity index (χ0n) is 19.6. The molecule has 0 saturated heterocycles. The number of aliphatic hydroxyl groups excluding tert-OH is 1. The summed E-state index contributed by atoms with van der Waals surface area (Å²) in [7, 11) is 3.09. The van der Waals surface area contributed by atoms with E-state index in [2.05, 4.69) is 20.5 Å². The predicted molar refractivity (Wildman–Crippen MR) is 132 cm³/mol. The Balaban J connectivity index is 1.61. The summed E-state index contributed by atoms with van der Waals surface area (Å²) in [6.45, 7) is 1.88. The average molecular weight is 479 g/mol. The fraction of sp³-hybridized carbons (Fsp3) is 0.250. The first-order chi connectivity index (χ1) is 16.9. The van der Waals surface area contributed by atoms with Crippen LogP contribution in [-0.2, 0) is 13.6 Å². The minimum atomic E-state index is -0.977. The Kier molecular flexibility index (Phi) is 6.97. The Morgan fingerprint density at radius 3 is 2.66 bits per heavy atom. The van der Waals surface area contributed by atoms with Crippen molar-refractivity contribution >= 4 is 23.3 Å². The molecule has 3 N–H and O–H groups in total. The fourth-order valence-corrected chi connectivity index (χ4v) is 3.52. The molecular weight excluding hydrogens is 452 g/mol. The van der Waals surface area contributed by atoms with Crippen LogP contribution in [0.2, 0.25) is 0 Å². The number of fused-ring (bicyclic) bond motifs is 1. The number of methoxy groups -OCH3 is 1. The number of hydrogen-bond acceptors (Lipinski definition) is 8. The van der Waals surface area contributed by atoms with Gasteiger partial charge in [0, 0.05) is 7.05 Å². The van der Waals surface area contributed by atoms with Crippen molar-refractivity contribution < 1.29 is 14.6 Å². The molecule has 11 heteroatoms. The van der Waals surface area contributed by atoms with Crippen LogP contribution in [0.5, 0.6) is 11.5 Å². The fourth-order valence-electron chi connectivity index (χ4n) is 3.52. The SMILES string of the molecule is COc1ccc(C=NNc2nc3c(c(=O)[nH]c(=O)n3C)n2CC(O)COc2ccccc2C)cc1. The highest BCUT2D eigenvalue weighted by Gasteiger charge is 2.20. The molecule has 1 atom stereocenters. The van der Waals surface area contributed by atoms with Crippen molar-refractivity contribution in [1.82, 2.24) is 19.1 Å². The topological polar surface area (TPSA) is 136 Å². The Labute approximate surface area is 200 Å². The van der Waals surface area contributed by atoms with Crippen LogP contribution in [-0.4, -0.2) is 50.2 Å². The minimum Gasteiger partial charge on any atom is -0.497 e. The van der Waals surface area contributed by atoms with Crippen LogP contribution in [0, 0.1) is 6.92 Å². The van der Waals surface area contributed by atoms with E-state index in [1.807, 2.05) is 43.3 Å². The molecule has 1 unspecified atom stereocenters. The lowest BCUT2D eigenvalue weighted by molar-refractivity contribution is 0.0935. The van der Waals surface area contributed by atoms with Gasteiger partial charge in [0.2, 0.25) is 5.95 Å². The summed E-state index contributed by atoms with van der Waals surface area (Å²) in [6.07, 6.45) is 0.596. The molecule has 0 amide bonds. The van der Waals surface area contributed by atoms with Gasteiger partial charge in [-0.05, 0) is 48.4 Å². The number of hydrogen-bond donors (Lipinski definition) is 3. The molecule has 2 heterocycles. The van der Waals surface area contributed by atoms with Crippen LogP contribution in [0.1, 0.15) is 11.1 Å². The highest BCUT2D eigenvalue weighted by Crippen LogP contribution is 2.19. The van der Waals surface area contributed by atoms with Gasteiger partial charge >= 0.3 is 5.69 Å². The molecule has 0 saturated carbocycles. The third kappa shape index (κ3) is 5.25. The monoisotopic (exact) mass is 478 g/mol. The van der Waals surface area contributed by atoms with E-state index >= 15 is 0 Å². The van der Waals surface area contributed by atoms with E-state index in [4.69, 9.17) is 9.47 Å². The molecule has 0 aliphatic heterocycles. The molecule has 0 fully saturated rings. The Hall–Kier alpha value is -4.38. The number of nitrogens with zero attached hydrogens (tertiary/aromatic N) is 4. The first-order valence-electron chi connectivity index (χ1n) is 10.9. The third-order valence-electron chi connectivity index (χ3n) is 5.42. The minimum absolute atomic E-state index is 0.0112. The van der Waals surface area contributed by atoms with E-state index < -0.39 is 17.4 Å². The predicted octanol–water partition coefficient (Wildman–Crippen LogP) is 1.63. The van der Waals surface area contributed by atoms with Crippen LogP contribution in [0.25, 0.3) is 11.2 Å². The van der Waals surface area contributed by atoms with Crippen LogP contribution in [0.3, 0.4) is 0 Å². The van der Waals surface area contributed by atoms with Crippen LogP contribution < -0.4 is 26.1 Å². The van der Waals surface area contributed by atoms with Gasteiger partial charge in [0.1, 0.15) is 24.2 Å². The second-order valence-electron chi connectivity index (χ2n) is 7.91. The first-order valence-corrected chi connectivity index (χ1v) is 10.9. The first kappa shape index (κ1) is 23.8. The molecule has 0 radical (unpaired) electrons. The number of H-pyrrole nitrogens is 1. The number of imidazole rings is 1. The third-order valence-corrected chi connectivity index (χ3v) is 5.42. The number of aromatic amines is 1. The second-order valence-corrected chi connectivity index (χ2v) is 7.91. The van der Waals surface area contributed by atoms with Crippen molar-refractivity contribution in [3.63, 3.8) is 0 Å². The molecule has 2 aromatic heterocycles. The molecule has 0 bridgehead atoms. The standard InChI is InChI=1S/C24H26N6O5/c1-15-6-4-5-7-19(15)35-14-17(31)13-30-20-21(29(2)24(33)27-22(20)32)26-23(30)28-25-12-16-8-10-18(34-3)11-9-16/h4-12,17,31H,13-14H2,1-3H3,(H,26,28)(H,27,32,33). The van der Waals surface area contributed by atoms with Gasteiger partial charge < -0.3 is 19.1 Å². The Morgan fingerprint density at radius 2 is 1.94 bits per heavy atom.